The molecule has 37 heavy (non-hydrogen) atoms. The van der Waals surface area contributed by atoms with Crippen molar-refractivity contribution in [3.63, 3.8) is 0 Å². The molecule has 1 aromatic carbocycles. The lowest BCUT2D eigenvalue weighted by Crippen LogP contribution is -2.38. The minimum atomic E-state index is -4.78. The van der Waals surface area contributed by atoms with E-state index >= 15 is 0 Å². The smallest absolute Gasteiger partial charge is 0.419 e. The van der Waals surface area contributed by atoms with Crippen LogP contribution in [0.25, 0.3) is 0 Å². The number of hydrogen-bond acceptors (Lipinski definition) is 7. The maximum Gasteiger partial charge on any atom is 0.419 e. The molecular weight excluding hydrogens is 508 g/mol. The predicted octanol–water partition coefficient (Wildman–Crippen LogP) is 6.37. The molecular formula is C25H24F4N6OS. The van der Waals surface area contributed by atoms with Crippen molar-refractivity contribution >= 4 is 23.0 Å². The Morgan fingerprint density at radius 1 is 1.08 bits per heavy atom. The number of nitrogens with zero attached hydrogens (tertiary/aromatic N) is 4. The highest BCUT2D eigenvalue weighted by Crippen LogP contribution is 2.44. The summed E-state index contributed by atoms with van der Waals surface area (Å²) in [5, 5.41) is 20.4. The number of aryl methyl sites for hydroxylation is 1. The number of pyridine rings is 1. The van der Waals surface area contributed by atoms with E-state index in [9.17, 15) is 17.6 Å². The van der Waals surface area contributed by atoms with Gasteiger partial charge in [0.1, 0.15) is 15.8 Å². The van der Waals surface area contributed by atoms with E-state index in [0.29, 0.717) is 49.8 Å². The number of hydrogen-bond donors (Lipinski definition) is 2. The third kappa shape index (κ3) is 5.58. The summed E-state index contributed by atoms with van der Waals surface area (Å²) in [4.78, 5) is 4.75. The van der Waals surface area contributed by atoms with E-state index in [0.717, 1.165) is 21.8 Å². The van der Waals surface area contributed by atoms with Gasteiger partial charge in [0.05, 0.1) is 11.7 Å². The number of alkyl halides is 3. The molecule has 0 atom stereocenters. The maximum atomic E-state index is 14.5. The van der Waals surface area contributed by atoms with Crippen LogP contribution in [0.2, 0.25) is 0 Å². The fraction of sp³-hybridized carbons (Fsp3) is 0.360. The monoisotopic (exact) mass is 532 g/mol. The Labute approximate surface area is 214 Å². The molecule has 5 rings (SSSR count). The third-order valence-electron chi connectivity index (χ3n) is 6.51. The highest BCUT2D eigenvalue weighted by molar-refractivity contribution is 7.11. The van der Waals surface area contributed by atoms with Crippen molar-refractivity contribution < 1.29 is 22.3 Å². The Kier molecular flexibility index (Phi) is 6.84. The van der Waals surface area contributed by atoms with E-state index < -0.39 is 23.7 Å². The second-order valence-electron chi connectivity index (χ2n) is 9.11. The first-order valence-corrected chi connectivity index (χ1v) is 12.6. The number of rotatable bonds is 7. The maximum absolute atomic E-state index is 14.5. The molecule has 0 unspecified atom stereocenters. The molecule has 1 aliphatic carbocycles. The van der Waals surface area contributed by atoms with Crippen LogP contribution in [0.3, 0.4) is 0 Å². The van der Waals surface area contributed by atoms with E-state index in [2.05, 4.69) is 25.7 Å². The Hall–Kier alpha value is -3.54. The van der Waals surface area contributed by atoms with Crippen LogP contribution >= 0.6 is 11.3 Å². The Morgan fingerprint density at radius 2 is 1.86 bits per heavy atom. The Morgan fingerprint density at radius 3 is 2.54 bits per heavy atom. The summed E-state index contributed by atoms with van der Waals surface area (Å²) in [5.74, 6) is -0.446. The van der Waals surface area contributed by atoms with E-state index in [4.69, 9.17) is 9.72 Å². The molecule has 12 heteroatoms. The zero-order valence-corrected chi connectivity index (χ0v) is 20.7. The minimum absolute atomic E-state index is 0.365. The molecule has 1 fully saturated rings. The van der Waals surface area contributed by atoms with Gasteiger partial charge in [0.15, 0.2) is 17.4 Å². The number of halogens is 4. The highest BCUT2D eigenvalue weighted by Gasteiger charge is 2.41. The van der Waals surface area contributed by atoms with Crippen LogP contribution in [0.4, 0.5) is 29.2 Å². The first-order chi connectivity index (χ1) is 17.7. The molecule has 3 aromatic heterocycles. The number of aromatic nitrogens is 5. The first-order valence-electron chi connectivity index (χ1n) is 11.8. The lowest BCUT2D eigenvalue weighted by molar-refractivity contribution is -0.140. The highest BCUT2D eigenvalue weighted by atomic mass is 32.1. The standard InChI is InChI=1S/C25H24F4N6OS/c1-15-33-35-23(37-15)24(14-16-4-2-7-20(31-16)32-21-10-13-30-34-21)11-8-17(9-12-24)36-19-6-3-5-18(22(19)26)25(27,28)29/h2-7,10,13,17H,8-9,11-12,14H2,1H3,(H2,30,31,32,34)/t17-,24-. The van der Waals surface area contributed by atoms with Gasteiger partial charge in [0.2, 0.25) is 0 Å². The van der Waals surface area contributed by atoms with Gasteiger partial charge < -0.3 is 10.1 Å². The van der Waals surface area contributed by atoms with Gasteiger partial charge in [-0.25, -0.2) is 9.37 Å². The van der Waals surface area contributed by atoms with Crippen LogP contribution in [-0.4, -0.2) is 31.5 Å². The molecule has 3 heterocycles. The summed E-state index contributed by atoms with van der Waals surface area (Å²) in [6, 6.07) is 10.6. The number of anilines is 2. The number of benzene rings is 1. The van der Waals surface area contributed by atoms with Gasteiger partial charge in [-0.3, -0.25) is 5.10 Å². The van der Waals surface area contributed by atoms with Gasteiger partial charge in [-0.05, 0) is 56.9 Å². The SMILES string of the molecule is Cc1nnc([C@]2(Cc3cccc(Nc4cc[nH]n4)n3)CC[C@@H](Oc3cccc(C(F)(F)F)c3F)CC2)s1. The second kappa shape index (κ2) is 10.1. The zero-order chi connectivity index (χ0) is 26.0. The largest absolute Gasteiger partial charge is 0.487 e. The molecule has 4 aromatic rings. The van der Waals surface area contributed by atoms with Gasteiger partial charge in [-0.15, -0.1) is 21.5 Å². The number of ether oxygens (including phenoxy) is 1. The van der Waals surface area contributed by atoms with Crippen molar-refractivity contribution in [3.05, 3.63) is 75.8 Å². The Balaban J connectivity index is 1.34. The van der Waals surface area contributed by atoms with Crippen LogP contribution in [0.15, 0.2) is 48.7 Å². The minimum Gasteiger partial charge on any atom is -0.487 e. The summed E-state index contributed by atoms with van der Waals surface area (Å²) < 4.78 is 59.6. The average Bonchev–Trinajstić information content (AvgIpc) is 3.53. The molecule has 0 saturated heterocycles. The van der Waals surface area contributed by atoms with E-state index in [-0.39, 0.29) is 11.2 Å². The fourth-order valence-electron chi connectivity index (χ4n) is 4.69. The third-order valence-corrected chi connectivity index (χ3v) is 7.60. The molecule has 2 N–H and O–H groups in total. The van der Waals surface area contributed by atoms with E-state index in [1.165, 1.54) is 17.4 Å². The summed E-state index contributed by atoms with van der Waals surface area (Å²) in [6.45, 7) is 1.90. The lowest BCUT2D eigenvalue weighted by atomic mass is 9.70. The molecule has 0 radical (unpaired) electrons. The molecule has 1 aliphatic rings. The first kappa shape index (κ1) is 25.1. The fourth-order valence-corrected chi connectivity index (χ4v) is 5.63. The van der Waals surface area contributed by atoms with Gasteiger partial charge in [-0.2, -0.15) is 18.3 Å². The predicted molar refractivity (Wildman–Crippen MR) is 130 cm³/mol. The second-order valence-corrected chi connectivity index (χ2v) is 10.3. The van der Waals surface area contributed by atoms with Gasteiger partial charge in [0.25, 0.3) is 0 Å². The molecule has 1 saturated carbocycles. The molecule has 0 bridgehead atoms. The van der Waals surface area contributed by atoms with Crippen molar-refractivity contribution in [2.45, 2.75) is 56.7 Å². The van der Waals surface area contributed by atoms with Crippen molar-refractivity contribution in [1.82, 2.24) is 25.4 Å². The summed E-state index contributed by atoms with van der Waals surface area (Å²) in [6.07, 6.45) is -0.543. The number of aromatic amines is 1. The van der Waals surface area contributed by atoms with Crippen molar-refractivity contribution in [3.8, 4) is 5.75 Å². The quantitative estimate of drug-likeness (QED) is 0.269. The molecule has 0 amide bonds. The zero-order valence-electron chi connectivity index (χ0n) is 19.8. The summed E-state index contributed by atoms with van der Waals surface area (Å²) in [7, 11) is 0. The van der Waals surface area contributed by atoms with E-state index in [1.807, 2.05) is 25.1 Å². The van der Waals surface area contributed by atoms with Crippen molar-refractivity contribution in [2.24, 2.45) is 0 Å². The topological polar surface area (TPSA) is 88.6 Å². The summed E-state index contributed by atoms with van der Waals surface area (Å²) in [5.41, 5.74) is -0.832. The molecule has 0 aliphatic heterocycles. The average molecular weight is 533 g/mol. The number of nitrogens with one attached hydrogen (secondary N) is 2. The normalized spacial score (nSPS) is 20.1. The van der Waals surface area contributed by atoms with Gasteiger partial charge in [-0.1, -0.05) is 12.1 Å². The molecule has 7 nitrogen and oxygen atoms in total. The van der Waals surface area contributed by atoms with Gasteiger partial charge in [0, 0.05) is 29.8 Å². The van der Waals surface area contributed by atoms with Crippen molar-refractivity contribution in [1.29, 1.82) is 0 Å². The van der Waals surface area contributed by atoms with Crippen molar-refractivity contribution in [2.75, 3.05) is 5.32 Å². The lowest BCUT2D eigenvalue weighted by Gasteiger charge is -2.38. The van der Waals surface area contributed by atoms with Crippen LogP contribution in [-0.2, 0) is 18.0 Å². The van der Waals surface area contributed by atoms with E-state index in [1.54, 1.807) is 12.3 Å². The summed E-state index contributed by atoms with van der Waals surface area (Å²) >= 11 is 1.53. The number of H-pyrrole nitrogens is 1. The van der Waals surface area contributed by atoms with Crippen LogP contribution in [0.1, 0.15) is 47.0 Å². The molecule has 194 valence electrons. The van der Waals surface area contributed by atoms with Crippen LogP contribution in [0, 0.1) is 12.7 Å². The Bertz CT molecular complexity index is 1350. The van der Waals surface area contributed by atoms with Crippen LogP contribution < -0.4 is 10.1 Å². The van der Waals surface area contributed by atoms with Gasteiger partial charge >= 0.3 is 6.18 Å². The van der Waals surface area contributed by atoms with Crippen LogP contribution in [0.5, 0.6) is 5.75 Å². The molecule has 0 spiro atoms.